The molecule has 0 aliphatic carbocycles. The first-order valence-electron chi connectivity index (χ1n) is 5.61. The summed E-state index contributed by atoms with van der Waals surface area (Å²) in [6.45, 7) is 0.327. The van der Waals surface area contributed by atoms with Crippen LogP contribution in [0.15, 0.2) is 36.7 Å². The molecule has 1 heterocycles. The number of benzene rings is 1. The highest BCUT2D eigenvalue weighted by Crippen LogP contribution is 2.25. The van der Waals surface area contributed by atoms with Crippen molar-refractivity contribution in [3.63, 3.8) is 0 Å². The van der Waals surface area contributed by atoms with Crippen LogP contribution in [0.2, 0.25) is 0 Å². The van der Waals surface area contributed by atoms with Gasteiger partial charge in [0.2, 0.25) is 0 Å². The van der Waals surface area contributed by atoms with E-state index in [0.717, 1.165) is 17.7 Å². The van der Waals surface area contributed by atoms with Gasteiger partial charge in [0, 0.05) is 26.0 Å². The Morgan fingerprint density at radius 2 is 2.00 bits per heavy atom. The molecular weight excluding hydrogens is 248 g/mol. The van der Waals surface area contributed by atoms with Gasteiger partial charge in [0.15, 0.2) is 11.6 Å². The number of anilines is 1. The van der Waals surface area contributed by atoms with Crippen molar-refractivity contribution in [2.24, 2.45) is 0 Å². The van der Waals surface area contributed by atoms with E-state index in [0.29, 0.717) is 6.54 Å². The molecule has 0 atom stereocenters. The van der Waals surface area contributed by atoms with E-state index in [2.05, 4.69) is 4.98 Å². The Morgan fingerprint density at radius 3 is 2.53 bits per heavy atom. The van der Waals surface area contributed by atoms with Crippen LogP contribution in [0.25, 0.3) is 0 Å². The first-order chi connectivity index (χ1) is 9.11. The molecule has 0 unspecified atom stereocenters. The van der Waals surface area contributed by atoms with Crippen LogP contribution in [0.4, 0.5) is 14.5 Å². The van der Waals surface area contributed by atoms with Crippen molar-refractivity contribution in [3.8, 4) is 6.07 Å². The second-order valence-electron chi connectivity index (χ2n) is 4.12. The molecule has 19 heavy (non-hydrogen) atoms. The van der Waals surface area contributed by atoms with Crippen LogP contribution in [0, 0.1) is 23.0 Å². The number of hydrogen-bond acceptors (Lipinski definition) is 3. The normalized spacial score (nSPS) is 10.0. The van der Waals surface area contributed by atoms with Crippen LogP contribution in [0.1, 0.15) is 11.1 Å². The van der Waals surface area contributed by atoms with Crippen molar-refractivity contribution in [3.05, 3.63) is 59.4 Å². The summed E-state index contributed by atoms with van der Waals surface area (Å²) >= 11 is 0. The summed E-state index contributed by atoms with van der Waals surface area (Å²) < 4.78 is 27.6. The van der Waals surface area contributed by atoms with Crippen molar-refractivity contribution >= 4 is 5.69 Å². The Kier molecular flexibility index (Phi) is 3.71. The summed E-state index contributed by atoms with van der Waals surface area (Å²) in [5.74, 6) is -1.49. The van der Waals surface area contributed by atoms with Crippen molar-refractivity contribution in [2.75, 3.05) is 11.9 Å². The minimum Gasteiger partial charge on any atom is -0.365 e. The third-order valence-corrected chi connectivity index (χ3v) is 2.67. The zero-order chi connectivity index (χ0) is 13.8. The molecule has 2 rings (SSSR count). The molecule has 0 amide bonds. The minimum absolute atomic E-state index is 0.0338. The smallest absolute Gasteiger partial charge is 0.150 e. The average molecular weight is 259 g/mol. The monoisotopic (exact) mass is 259 g/mol. The molecule has 0 bridgehead atoms. The number of halogens is 2. The van der Waals surface area contributed by atoms with Gasteiger partial charge in [-0.1, -0.05) is 6.07 Å². The lowest BCUT2D eigenvalue weighted by Crippen LogP contribution is -2.19. The highest BCUT2D eigenvalue weighted by atomic mass is 19.1. The molecule has 2 aromatic rings. The number of rotatable bonds is 3. The lowest BCUT2D eigenvalue weighted by atomic mass is 10.1. The van der Waals surface area contributed by atoms with E-state index in [4.69, 9.17) is 5.26 Å². The molecule has 1 aromatic carbocycles. The van der Waals surface area contributed by atoms with E-state index in [1.165, 1.54) is 4.90 Å². The highest BCUT2D eigenvalue weighted by Gasteiger charge is 2.15. The van der Waals surface area contributed by atoms with Gasteiger partial charge in [-0.15, -0.1) is 0 Å². The molecule has 1 aromatic heterocycles. The summed E-state index contributed by atoms with van der Waals surface area (Å²) in [5.41, 5.74) is 0.657. The van der Waals surface area contributed by atoms with Gasteiger partial charge in [0.25, 0.3) is 0 Å². The molecule has 3 nitrogen and oxygen atoms in total. The quantitative estimate of drug-likeness (QED) is 0.850. The SMILES string of the molecule is CN(Cc1cccnc1)c1c(F)cc(C#N)cc1F. The van der Waals surface area contributed by atoms with Crippen LogP contribution >= 0.6 is 0 Å². The third-order valence-electron chi connectivity index (χ3n) is 2.67. The second kappa shape index (κ2) is 5.44. The molecule has 96 valence electrons. The number of nitriles is 1. The summed E-state index contributed by atoms with van der Waals surface area (Å²) in [6, 6.07) is 7.35. The van der Waals surface area contributed by atoms with E-state index in [1.54, 1.807) is 31.6 Å². The Labute approximate surface area is 109 Å². The number of hydrogen-bond donors (Lipinski definition) is 0. The van der Waals surface area contributed by atoms with Crippen molar-refractivity contribution in [2.45, 2.75) is 6.54 Å². The second-order valence-corrected chi connectivity index (χ2v) is 4.12. The molecule has 0 saturated heterocycles. The topological polar surface area (TPSA) is 39.9 Å². The lowest BCUT2D eigenvalue weighted by molar-refractivity contribution is 0.576. The molecule has 0 radical (unpaired) electrons. The van der Waals surface area contributed by atoms with Gasteiger partial charge >= 0.3 is 0 Å². The Morgan fingerprint density at radius 1 is 1.32 bits per heavy atom. The maximum absolute atomic E-state index is 13.8. The van der Waals surface area contributed by atoms with E-state index < -0.39 is 11.6 Å². The van der Waals surface area contributed by atoms with E-state index in [-0.39, 0.29) is 11.3 Å². The van der Waals surface area contributed by atoms with E-state index in [1.807, 2.05) is 6.07 Å². The van der Waals surface area contributed by atoms with Gasteiger partial charge in [0.1, 0.15) is 5.69 Å². The van der Waals surface area contributed by atoms with E-state index in [9.17, 15) is 8.78 Å². The Hall–Kier alpha value is -2.48. The van der Waals surface area contributed by atoms with Crippen LogP contribution in [-0.2, 0) is 6.54 Å². The molecule has 0 spiro atoms. The maximum atomic E-state index is 13.8. The van der Waals surface area contributed by atoms with Crippen LogP contribution in [0.3, 0.4) is 0 Å². The van der Waals surface area contributed by atoms with Crippen LogP contribution in [0.5, 0.6) is 0 Å². The van der Waals surface area contributed by atoms with Gasteiger partial charge in [-0.05, 0) is 23.8 Å². The molecule has 0 N–H and O–H groups in total. The highest BCUT2D eigenvalue weighted by molar-refractivity contribution is 5.52. The van der Waals surface area contributed by atoms with Gasteiger partial charge in [-0.3, -0.25) is 4.98 Å². The van der Waals surface area contributed by atoms with Crippen LogP contribution in [-0.4, -0.2) is 12.0 Å². The number of pyridine rings is 1. The standard InChI is InChI=1S/C14H11F2N3/c1-19(9-10-3-2-4-18-8-10)14-12(15)5-11(7-17)6-13(14)16/h2-6,8H,9H2,1H3. The Bertz CT molecular complexity index is 597. The van der Waals surface area contributed by atoms with Crippen LogP contribution < -0.4 is 4.90 Å². The van der Waals surface area contributed by atoms with Crippen molar-refractivity contribution < 1.29 is 8.78 Å². The fourth-order valence-electron chi connectivity index (χ4n) is 1.84. The van der Waals surface area contributed by atoms with Gasteiger partial charge < -0.3 is 4.90 Å². The van der Waals surface area contributed by atoms with Gasteiger partial charge in [-0.2, -0.15) is 5.26 Å². The molecule has 0 aliphatic rings. The average Bonchev–Trinajstić information content (AvgIpc) is 2.38. The van der Waals surface area contributed by atoms with E-state index >= 15 is 0 Å². The molecule has 5 heteroatoms. The summed E-state index contributed by atoms with van der Waals surface area (Å²) in [7, 11) is 1.58. The molecule has 0 saturated carbocycles. The number of aromatic nitrogens is 1. The first kappa shape index (κ1) is 13.0. The van der Waals surface area contributed by atoms with Crippen molar-refractivity contribution in [1.82, 2.24) is 4.98 Å². The largest absolute Gasteiger partial charge is 0.365 e. The molecule has 0 aliphatic heterocycles. The summed E-state index contributed by atoms with van der Waals surface area (Å²) in [5, 5.41) is 8.65. The predicted molar refractivity (Wildman–Crippen MR) is 67.4 cm³/mol. The fraction of sp³-hybridized carbons (Fsp3) is 0.143. The zero-order valence-corrected chi connectivity index (χ0v) is 10.3. The third kappa shape index (κ3) is 2.86. The predicted octanol–water partition coefficient (Wildman–Crippen LogP) is 2.87. The minimum atomic E-state index is -0.747. The zero-order valence-electron chi connectivity index (χ0n) is 10.3. The summed E-state index contributed by atoms with van der Waals surface area (Å²) in [4.78, 5) is 5.39. The first-order valence-corrected chi connectivity index (χ1v) is 5.61. The Balaban J connectivity index is 2.30. The maximum Gasteiger partial charge on any atom is 0.150 e. The molecule has 0 fully saturated rings. The van der Waals surface area contributed by atoms with Crippen molar-refractivity contribution in [1.29, 1.82) is 5.26 Å². The molecular formula is C14H11F2N3. The van der Waals surface area contributed by atoms with Gasteiger partial charge in [0.05, 0.1) is 11.6 Å². The van der Waals surface area contributed by atoms with Gasteiger partial charge in [-0.25, -0.2) is 8.78 Å². The number of nitrogens with zero attached hydrogens (tertiary/aromatic N) is 3. The lowest BCUT2D eigenvalue weighted by Gasteiger charge is -2.20. The fourth-order valence-corrected chi connectivity index (χ4v) is 1.84. The summed E-state index contributed by atoms with van der Waals surface area (Å²) in [6.07, 6.45) is 3.27.